The van der Waals surface area contributed by atoms with E-state index in [9.17, 15) is 0 Å². The number of rotatable bonds is 5. The summed E-state index contributed by atoms with van der Waals surface area (Å²) in [6, 6.07) is 8.49. The molecule has 1 nitrogen and oxygen atoms in total. The summed E-state index contributed by atoms with van der Waals surface area (Å²) in [6.45, 7) is 4.64. The van der Waals surface area contributed by atoms with E-state index < -0.39 is 0 Å². The van der Waals surface area contributed by atoms with Gasteiger partial charge in [-0.2, -0.15) is 0 Å². The van der Waals surface area contributed by atoms with Crippen molar-refractivity contribution in [2.45, 2.75) is 39.0 Å². The Labute approximate surface area is 86.8 Å². The Hall–Kier alpha value is -0.820. The summed E-state index contributed by atoms with van der Waals surface area (Å²) in [6.07, 6.45) is 3.24. The molecule has 0 aliphatic carbocycles. The number of aliphatic hydroxyl groups is 1. The first kappa shape index (κ1) is 11.3. The van der Waals surface area contributed by atoms with Gasteiger partial charge >= 0.3 is 0 Å². The summed E-state index contributed by atoms with van der Waals surface area (Å²) in [7, 11) is 0. The van der Waals surface area contributed by atoms with Gasteiger partial charge in [0.05, 0.1) is 0 Å². The van der Waals surface area contributed by atoms with Gasteiger partial charge in [-0.3, -0.25) is 0 Å². The summed E-state index contributed by atoms with van der Waals surface area (Å²) in [5.41, 5.74) is 2.75. The number of benzene rings is 1. The molecule has 1 rings (SSSR count). The van der Waals surface area contributed by atoms with Crippen molar-refractivity contribution in [1.82, 2.24) is 0 Å². The lowest BCUT2D eigenvalue weighted by Crippen LogP contribution is -2.03. The van der Waals surface area contributed by atoms with Gasteiger partial charge < -0.3 is 5.11 Å². The lowest BCUT2D eigenvalue weighted by atomic mass is 9.89. The van der Waals surface area contributed by atoms with Gasteiger partial charge in [-0.15, -0.1) is 0 Å². The van der Waals surface area contributed by atoms with Crippen LogP contribution in [-0.2, 0) is 0 Å². The van der Waals surface area contributed by atoms with Gasteiger partial charge in [0.1, 0.15) is 0 Å². The minimum absolute atomic E-state index is 0.291. The fraction of sp³-hybridized carbons (Fsp3) is 0.538. The van der Waals surface area contributed by atoms with Crippen molar-refractivity contribution >= 4 is 0 Å². The summed E-state index contributed by atoms with van der Waals surface area (Å²) in [4.78, 5) is 0. The zero-order chi connectivity index (χ0) is 10.4. The molecule has 0 spiro atoms. The first-order valence-electron chi connectivity index (χ1n) is 5.46. The molecule has 0 aromatic heterocycles. The van der Waals surface area contributed by atoms with Crippen LogP contribution in [0.2, 0.25) is 0 Å². The molecule has 0 bridgehead atoms. The molecule has 1 aromatic carbocycles. The zero-order valence-corrected chi connectivity index (χ0v) is 9.16. The molecule has 0 amide bonds. The Morgan fingerprint density at radius 1 is 1.21 bits per heavy atom. The third-order valence-electron chi connectivity index (χ3n) is 2.74. The maximum absolute atomic E-state index is 9.02. The second-order valence-electron chi connectivity index (χ2n) is 3.85. The molecule has 78 valence electrons. The van der Waals surface area contributed by atoms with Crippen LogP contribution in [0.25, 0.3) is 0 Å². The minimum atomic E-state index is 0.291. The van der Waals surface area contributed by atoms with Crippen LogP contribution in [0.15, 0.2) is 24.3 Å². The fourth-order valence-electron chi connectivity index (χ4n) is 2.00. The maximum Gasteiger partial charge on any atom is 0.0436 e. The normalized spacial score (nSPS) is 12.8. The Morgan fingerprint density at radius 3 is 2.50 bits per heavy atom. The van der Waals surface area contributed by atoms with E-state index in [0.717, 1.165) is 6.42 Å². The van der Waals surface area contributed by atoms with Gasteiger partial charge in [0.2, 0.25) is 0 Å². The van der Waals surface area contributed by atoms with Crippen LogP contribution in [0.1, 0.15) is 43.2 Å². The molecular weight excluding hydrogens is 172 g/mol. The highest BCUT2D eigenvalue weighted by Gasteiger charge is 2.11. The lowest BCUT2D eigenvalue weighted by molar-refractivity contribution is 0.272. The number of hydrogen-bond acceptors (Lipinski definition) is 1. The van der Waals surface area contributed by atoms with Crippen LogP contribution < -0.4 is 0 Å². The molecule has 0 radical (unpaired) electrons. The second kappa shape index (κ2) is 5.82. The van der Waals surface area contributed by atoms with Gasteiger partial charge in [-0.25, -0.2) is 0 Å². The van der Waals surface area contributed by atoms with Crippen LogP contribution in [0, 0.1) is 6.92 Å². The molecule has 0 aliphatic rings. The number of aliphatic hydroxyl groups excluding tert-OH is 1. The third kappa shape index (κ3) is 2.85. The molecule has 0 aliphatic heterocycles. The van der Waals surface area contributed by atoms with Crippen LogP contribution in [0.3, 0.4) is 0 Å². The maximum atomic E-state index is 9.02. The lowest BCUT2D eigenvalue weighted by Gasteiger charge is -2.17. The van der Waals surface area contributed by atoms with Crippen molar-refractivity contribution in [2.75, 3.05) is 6.61 Å². The average molecular weight is 192 g/mol. The quantitative estimate of drug-likeness (QED) is 0.759. The highest BCUT2D eigenvalue weighted by Crippen LogP contribution is 2.26. The molecule has 14 heavy (non-hydrogen) atoms. The summed E-state index contributed by atoms with van der Waals surface area (Å²) >= 11 is 0. The molecule has 1 aromatic rings. The van der Waals surface area contributed by atoms with Crippen LogP contribution in [0.5, 0.6) is 0 Å². The van der Waals surface area contributed by atoms with E-state index in [1.165, 1.54) is 24.0 Å². The predicted molar refractivity (Wildman–Crippen MR) is 60.5 cm³/mol. The predicted octanol–water partition coefficient (Wildman–Crippen LogP) is 3.26. The van der Waals surface area contributed by atoms with Crippen LogP contribution in [0.4, 0.5) is 0 Å². The van der Waals surface area contributed by atoms with E-state index in [1.54, 1.807) is 0 Å². The van der Waals surface area contributed by atoms with Crippen LogP contribution in [-0.4, -0.2) is 11.7 Å². The largest absolute Gasteiger partial charge is 0.396 e. The van der Waals surface area contributed by atoms with E-state index in [2.05, 4.69) is 38.1 Å². The molecule has 0 heterocycles. The SMILES string of the molecule is CCCC(CCO)c1ccccc1C. The third-order valence-corrected chi connectivity index (χ3v) is 2.74. The summed E-state index contributed by atoms with van der Waals surface area (Å²) in [5, 5.41) is 9.02. The van der Waals surface area contributed by atoms with Crippen molar-refractivity contribution in [3.05, 3.63) is 35.4 Å². The van der Waals surface area contributed by atoms with Gasteiger partial charge in [0.25, 0.3) is 0 Å². The van der Waals surface area contributed by atoms with Gasteiger partial charge in [0, 0.05) is 6.61 Å². The van der Waals surface area contributed by atoms with Gasteiger partial charge in [-0.05, 0) is 36.8 Å². The first-order valence-corrected chi connectivity index (χ1v) is 5.46. The number of hydrogen-bond donors (Lipinski definition) is 1. The Balaban J connectivity index is 2.81. The average Bonchev–Trinajstić information content (AvgIpc) is 2.18. The highest BCUT2D eigenvalue weighted by atomic mass is 16.3. The van der Waals surface area contributed by atoms with Crippen molar-refractivity contribution < 1.29 is 5.11 Å². The van der Waals surface area contributed by atoms with E-state index in [1.807, 2.05) is 0 Å². The zero-order valence-electron chi connectivity index (χ0n) is 9.16. The fourth-order valence-corrected chi connectivity index (χ4v) is 2.00. The van der Waals surface area contributed by atoms with E-state index in [0.29, 0.717) is 12.5 Å². The smallest absolute Gasteiger partial charge is 0.0436 e. The molecule has 1 heteroatoms. The van der Waals surface area contributed by atoms with Gasteiger partial charge in [0.15, 0.2) is 0 Å². The van der Waals surface area contributed by atoms with Gasteiger partial charge in [-0.1, -0.05) is 37.6 Å². The molecule has 1 N–H and O–H groups in total. The van der Waals surface area contributed by atoms with E-state index in [4.69, 9.17) is 5.11 Å². The highest BCUT2D eigenvalue weighted by molar-refractivity contribution is 5.29. The molecule has 0 saturated heterocycles. The second-order valence-corrected chi connectivity index (χ2v) is 3.85. The van der Waals surface area contributed by atoms with E-state index in [-0.39, 0.29) is 0 Å². The Morgan fingerprint density at radius 2 is 1.93 bits per heavy atom. The van der Waals surface area contributed by atoms with Crippen LogP contribution >= 0.6 is 0 Å². The summed E-state index contributed by atoms with van der Waals surface area (Å²) in [5.74, 6) is 0.534. The molecule has 1 unspecified atom stereocenters. The molecule has 0 fully saturated rings. The van der Waals surface area contributed by atoms with E-state index >= 15 is 0 Å². The molecule has 1 atom stereocenters. The number of aryl methyl sites for hydroxylation is 1. The van der Waals surface area contributed by atoms with Crippen molar-refractivity contribution in [3.8, 4) is 0 Å². The van der Waals surface area contributed by atoms with Crippen molar-refractivity contribution in [3.63, 3.8) is 0 Å². The topological polar surface area (TPSA) is 20.2 Å². The monoisotopic (exact) mass is 192 g/mol. The Bertz CT molecular complexity index is 262. The molecule has 0 saturated carbocycles. The van der Waals surface area contributed by atoms with Crippen molar-refractivity contribution in [2.24, 2.45) is 0 Å². The minimum Gasteiger partial charge on any atom is -0.396 e. The Kier molecular flexibility index (Phi) is 4.68. The molecular formula is C13H20O. The van der Waals surface area contributed by atoms with Crippen molar-refractivity contribution in [1.29, 1.82) is 0 Å². The first-order chi connectivity index (χ1) is 6.79. The standard InChI is InChI=1S/C13H20O/c1-3-6-12(9-10-14)13-8-5-4-7-11(13)2/h4-5,7-8,12,14H,3,6,9-10H2,1-2H3. The summed E-state index contributed by atoms with van der Waals surface area (Å²) < 4.78 is 0.